The van der Waals surface area contributed by atoms with E-state index in [0.717, 1.165) is 25.6 Å². The number of aromatic nitrogens is 1. The number of hydrogen-bond donors (Lipinski definition) is 1. The Kier molecular flexibility index (Phi) is 3.20. The van der Waals surface area contributed by atoms with Gasteiger partial charge in [-0.05, 0) is 30.9 Å². The molecule has 1 N–H and O–H groups in total. The maximum atomic E-state index is 3.80. The van der Waals surface area contributed by atoms with Crippen LogP contribution in [0.5, 0.6) is 0 Å². The van der Waals surface area contributed by atoms with Crippen molar-refractivity contribution in [1.29, 1.82) is 0 Å². The van der Waals surface area contributed by atoms with Gasteiger partial charge in [0.1, 0.15) is 0 Å². The summed E-state index contributed by atoms with van der Waals surface area (Å²) in [5.74, 6) is 0. The molecule has 18 heavy (non-hydrogen) atoms. The third kappa shape index (κ3) is 2.34. The molecule has 1 heterocycles. The van der Waals surface area contributed by atoms with E-state index >= 15 is 0 Å². The highest BCUT2D eigenvalue weighted by Gasteiger charge is 2.20. The van der Waals surface area contributed by atoms with Crippen LogP contribution < -0.4 is 5.32 Å². The quantitative estimate of drug-likeness (QED) is 0.765. The predicted octanol–water partition coefficient (Wildman–Crippen LogP) is 3.47. The van der Waals surface area contributed by atoms with E-state index in [1.807, 2.05) is 6.08 Å². The number of nitrogens with zero attached hydrogens (tertiary/aromatic N) is 1. The minimum atomic E-state index is 0.764. The van der Waals surface area contributed by atoms with Crippen molar-refractivity contribution in [3.05, 3.63) is 48.7 Å². The van der Waals surface area contributed by atoms with Gasteiger partial charge in [-0.25, -0.2) is 0 Å². The van der Waals surface area contributed by atoms with Gasteiger partial charge in [-0.3, -0.25) is 0 Å². The van der Waals surface area contributed by atoms with Gasteiger partial charge in [0, 0.05) is 36.2 Å². The molecule has 0 unspecified atom stereocenters. The molecule has 0 bridgehead atoms. The molecule has 1 aromatic heterocycles. The molecule has 3 rings (SSSR count). The molecular formula is C16H20N2. The molecular weight excluding hydrogens is 220 g/mol. The van der Waals surface area contributed by atoms with Gasteiger partial charge in [-0.1, -0.05) is 24.3 Å². The van der Waals surface area contributed by atoms with Crippen LogP contribution in [0, 0.1) is 0 Å². The number of benzene rings is 1. The van der Waals surface area contributed by atoms with Crippen molar-refractivity contribution < 1.29 is 0 Å². The zero-order chi connectivity index (χ0) is 12.4. The van der Waals surface area contributed by atoms with Crippen molar-refractivity contribution in [2.75, 3.05) is 0 Å². The van der Waals surface area contributed by atoms with E-state index < -0.39 is 0 Å². The van der Waals surface area contributed by atoms with E-state index in [9.17, 15) is 0 Å². The molecule has 0 radical (unpaired) electrons. The summed E-state index contributed by atoms with van der Waals surface area (Å²) in [5, 5.41) is 4.98. The lowest BCUT2D eigenvalue weighted by Crippen LogP contribution is -2.14. The van der Waals surface area contributed by atoms with Crippen molar-refractivity contribution in [3.63, 3.8) is 0 Å². The molecule has 2 nitrogen and oxygen atoms in total. The zero-order valence-electron chi connectivity index (χ0n) is 10.7. The number of aryl methyl sites for hydroxylation is 1. The zero-order valence-corrected chi connectivity index (χ0v) is 10.7. The summed E-state index contributed by atoms with van der Waals surface area (Å²) in [7, 11) is 0. The molecule has 1 fully saturated rings. The first kappa shape index (κ1) is 11.5. The molecule has 0 spiro atoms. The molecule has 94 valence electrons. The van der Waals surface area contributed by atoms with Crippen molar-refractivity contribution in [3.8, 4) is 0 Å². The maximum absolute atomic E-state index is 3.80. The molecule has 0 saturated heterocycles. The average Bonchev–Trinajstić information content (AvgIpc) is 3.17. The van der Waals surface area contributed by atoms with E-state index in [-0.39, 0.29) is 0 Å². The van der Waals surface area contributed by atoms with Crippen LogP contribution >= 0.6 is 0 Å². The predicted molar refractivity (Wildman–Crippen MR) is 76.6 cm³/mol. The van der Waals surface area contributed by atoms with E-state index in [2.05, 4.69) is 46.9 Å². The van der Waals surface area contributed by atoms with Gasteiger partial charge < -0.3 is 9.88 Å². The largest absolute Gasteiger partial charge is 0.347 e. The summed E-state index contributed by atoms with van der Waals surface area (Å²) in [6.07, 6.45) is 7.98. The summed E-state index contributed by atoms with van der Waals surface area (Å²) in [4.78, 5) is 0. The van der Waals surface area contributed by atoms with Crippen LogP contribution in [0.1, 0.15) is 24.8 Å². The molecule has 0 amide bonds. The van der Waals surface area contributed by atoms with E-state index in [1.54, 1.807) is 0 Å². The Morgan fingerprint density at radius 2 is 2.17 bits per heavy atom. The SMILES string of the molecule is C=CCCn1cc(CNC2CC2)c2ccccc21. The van der Waals surface area contributed by atoms with E-state index in [4.69, 9.17) is 0 Å². The van der Waals surface area contributed by atoms with Crippen LogP contribution in [-0.2, 0) is 13.1 Å². The van der Waals surface area contributed by atoms with E-state index in [0.29, 0.717) is 0 Å². The van der Waals surface area contributed by atoms with E-state index in [1.165, 1.54) is 29.3 Å². The number of para-hydroxylation sites is 1. The maximum Gasteiger partial charge on any atom is 0.0483 e. The summed E-state index contributed by atoms with van der Waals surface area (Å²) < 4.78 is 2.35. The number of hydrogen-bond acceptors (Lipinski definition) is 1. The second-order valence-corrected chi connectivity index (χ2v) is 5.10. The Morgan fingerprint density at radius 3 is 2.94 bits per heavy atom. The first-order valence-corrected chi connectivity index (χ1v) is 6.79. The molecule has 0 atom stereocenters. The fourth-order valence-corrected chi connectivity index (χ4v) is 2.42. The lowest BCUT2D eigenvalue weighted by Gasteiger charge is -2.01. The fraction of sp³-hybridized carbons (Fsp3) is 0.375. The van der Waals surface area contributed by atoms with Gasteiger partial charge in [0.15, 0.2) is 0 Å². The minimum Gasteiger partial charge on any atom is -0.347 e. The molecule has 1 saturated carbocycles. The number of fused-ring (bicyclic) bond motifs is 1. The highest BCUT2D eigenvalue weighted by Crippen LogP contribution is 2.24. The first-order valence-electron chi connectivity index (χ1n) is 6.79. The van der Waals surface area contributed by atoms with Gasteiger partial charge in [0.25, 0.3) is 0 Å². The van der Waals surface area contributed by atoms with Crippen LogP contribution in [0.25, 0.3) is 10.9 Å². The monoisotopic (exact) mass is 240 g/mol. The van der Waals surface area contributed by atoms with Crippen LogP contribution in [0.3, 0.4) is 0 Å². The van der Waals surface area contributed by atoms with Crippen molar-refractivity contribution in [2.24, 2.45) is 0 Å². The number of nitrogens with one attached hydrogen (secondary N) is 1. The van der Waals surface area contributed by atoms with Crippen molar-refractivity contribution >= 4 is 10.9 Å². The van der Waals surface area contributed by atoms with Crippen LogP contribution in [-0.4, -0.2) is 10.6 Å². The fourth-order valence-electron chi connectivity index (χ4n) is 2.42. The molecule has 2 heteroatoms. The summed E-state index contributed by atoms with van der Waals surface area (Å²) in [5.41, 5.74) is 2.76. The normalized spacial score (nSPS) is 15.1. The topological polar surface area (TPSA) is 17.0 Å². The summed E-state index contributed by atoms with van der Waals surface area (Å²) >= 11 is 0. The smallest absolute Gasteiger partial charge is 0.0483 e. The molecule has 1 aliphatic carbocycles. The minimum absolute atomic E-state index is 0.764. The third-order valence-electron chi connectivity index (χ3n) is 3.60. The van der Waals surface area contributed by atoms with Crippen molar-refractivity contribution in [2.45, 2.75) is 38.4 Å². The van der Waals surface area contributed by atoms with Crippen LogP contribution in [0.4, 0.5) is 0 Å². The molecule has 1 aromatic carbocycles. The first-order chi connectivity index (χ1) is 8.88. The molecule has 1 aliphatic rings. The number of rotatable bonds is 6. The highest BCUT2D eigenvalue weighted by molar-refractivity contribution is 5.83. The van der Waals surface area contributed by atoms with Gasteiger partial charge in [-0.15, -0.1) is 6.58 Å². The Balaban J connectivity index is 1.88. The lowest BCUT2D eigenvalue weighted by atomic mass is 10.2. The van der Waals surface area contributed by atoms with Crippen LogP contribution in [0.2, 0.25) is 0 Å². The average molecular weight is 240 g/mol. The van der Waals surface area contributed by atoms with Crippen molar-refractivity contribution in [1.82, 2.24) is 9.88 Å². The Hall–Kier alpha value is -1.54. The van der Waals surface area contributed by atoms with Gasteiger partial charge in [-0.2, -0.15) is 0 Å². The Bertz CT molecular complexity index is 549. The second kappa shape index (κ2) is 4.99. The standard InChI is InChI=1S/C16H20N2/c1-2-3-10-18-12-13(11-17-14-8-9-14)15-6-4-5-7-16(15)18/h2,4-7,12,14,17H,1,3,8-11H2. The van der Waals surface area contributed by atoms with Gasteiger partial charge in [0.05, 0.1) is 0 Å². The summed E-state index contributed by atoms with van der Waals surface area (Å²) in [6, 6.07) is 9.44. The number of allylic oxidation sites excluding steroid dienone is 1. The lowest BCUT2D eigenvalue weighted by molar-refractivity contribution is 0.681. The second-order valence-electron chi connectivity index (χ2n) is 5.10. The van der Waals surface area contributed by atoms with Gasteiger partial charge >= 0.3 is 0 Å². The third-order valence-corrected chi connectivity index (χ3v) is 3.60. The Labute approximate surface area is 108 Å². The highest BCUT2D eigenvalue weighted by atomic mass is 15.0. The summed E-state index contributed by atoms with van der Waals surface area (Å²) in [6.45, 7) is 5.82. The molecule has 0 aliphatic heterocycles. The Morgan fingerprint density at radius 1 is 1.33 bits per heavy atom. The van der Waals surface area contributed by atoms with Gasteiger partial charge in [0.2, 0.25) is 0 Å². The van der Waals surface area contributed by atoms with Crippen LogP contribution in [0.15, 0.2) is 43.1 Å². The molecule has 2 aromatic rings.